The zero-order valence-electron chi connectivity index (χ0n) is 16.6. The molecule has 0 aliphatic carbocycles. The van der Waals surface area contributed by atoms with Gasteiger partial charge in [-0.25, -0.2) is 13.8 Å². The molecule has 0 atom stereocenters. The van der Waals surface area contributed by atoms with E-state index in [1.165, 1.54) is 13.3 Å². The number of carbonyl (C=O) groups excluding carboxylic acids is 1. The van der Waals surface area contributed by atoms with Crippen LogP contribution in [0.3, 0.4) is 0 Å². The number of nitrogens with one attached hydrogen (secondary N) is 1. The molecule has 2 rings (SSSR count). The topological polar surface area (TPSA) is 91.3 Å². The first kappa shape index (κ1) is 22.7. The van der Waals surface area contributed by atoms with Crippen molar-refractivity contribution in [3.05, 3.63) is 52.5 Å². The standard InChI is InChI=1S/C19H23BrN4O4S/c1-23(2)18-9-8-14(10-17(18)20)12-21-22-19(25)13-24(29(4,26)27)15-6-5-7-16(11-15)28-3/h5-12H,13H2,1-4H3,(H,22,25). The van der Waals surface area contributed by atoms with Crippen molar-refractivity contribution in [3.63, 3.8) is 0 Å². The first-order valence-electron chi connectivity index (χ1n) is 8.52. The molecule has 0 unspecified atom stereocenters. The maximum Gasteiger partial charge on any atom is 0.260 e. The van der Waals surface area contributed by atoms with E-state index < -0.39 is 22.5 Å². The van der Waals surface area contributed by atoms with Crippen molar-refractivity contribution in [2.24, 2.45) is 5.10 Å². The van der Waals surface area contributed by atoms with Gasteiger partial charge in [0, 0.05) is 24.6 Å². The van der Waals surface area contributed by atoms with Gasteiger partial charge < -0.3 is 9.64 Å². The SMILES string of the molecule is COc1cccc(N(CC(=O)NN=Cc2ccc(N(C)C)c(Br)c2)S(C)(=O)=O)c1. The van der Waals surface area contributed by atoms with Crippen LogP contribution in [0.25, 0.3) is 0 Å². The lowest BCUT2D eigenvalue weighted by atomic mass is 10.2. The Balaban J connectivity index is 2.09. The van der Waals surface area contributed by atoms with Crippen molar-refractivity contribution in [2.45, 2.75) is 0 Å². The van der Waals surface area contributed by atoms with E-state index in [1.807, 2.05) is 37.2 Å². The monoisotopic (exact) mass is 482 g/mol. The molecule has 10 heteroatoms. The van der Waals surface area contributed by atoms with Gasteiger partial charge in [-0.1, -0.05) is 12.1 Å². The van der Waals surface area contributed by atoms with Gasteiger partial charge in [-0.3, -0.25) is 9.10 Å². The Bertz CT molecular complexity index is 1010. The molecule has 0 bridgehead atoms. The van der Waals surface area contributed by atoms with E-state index in [2.05, 4.69) is 26.5 Å². The smallest absolute Gasteiger partial charge is 0.260 e. The third-order valence-electron chi connectivity index (χ3n) is 3.89. The molecule has 0 aromatic heterocycles. The molecule has 0 radical (unpaired) electrons. The Morgan fingerprint density at radius 2 is 1.97 bits per heavy atom. The van der Waals surface area contributed by atoms with Crippen LogP contribution in [0.5, 0.6) is 5.75 Å². The zero-order valence-corrected chi connectivity index (χ0v) is 19.0. The molecule has 0 saturated heterocycles. The molecule has 0 fully saturated rings. The summed E-state index contributed by atoms with van der Waals surface area (Å²) in [6.45, 7) is -0.410. The number of ether oxygens (including phenoxy) is 1. The van der Waals surface area contributed by atoms with Crippen LogP contribution >= 0.6 is 15.9 Å². The van der Waals surface area contributed by atoms with Gasteiger partial charge in [0.15, 0.2) is 0 Å². The molecule has 0 spiro atoms. The highest BCUT2D eigenvalue weighted by atomic mass is 79.9. The summed E-state index contributed by atoms with van der Waals surface area (Å²) >= 11 is 3.49. The average Bonchev–Trinajstić information content (AvgIpc) is 2.65. The summed E-state index contributed by atoms with van der Waals surface area (Å²) in [7, 11) is 1.67. The highest BCUT2D eigenvalue weighted by Gasteiger charge is 2.21. The van der Waals surface area contributed by atoms with Crippen molar-refractivity contribution < 1.29 is 17.9 Å². The lowest BCUT2D eigenvalue weighted by Gasteiger charge is -2.21. The summed E-state index contributed by atoms with van der Waals surface area (Å²) in [5, 5.41) is 3.91. The first-order chi connectivity index (χ1) is 13.6. The molecule has 0 heterocycles. The van der Waals surface area contributed by atoms with Crippen LogP contribution in [0.2, 0.25) is 0 Å². The number of hydrazone groups is 1. The maximum atomic E-state index is 12.3. The zero-order chi connectivity index (χ0) is 21.6. The maximum absolute atomic E-state index is 12.3. The summed E-state index contributed by atoms with van der Waals surface area (Å²) < 4.78 is 31.3. The van der Waals surface area contributed by atoms with E-state index in [1.54, 1.807) is 24.3 Å². The van der Waals surface area contributed by atoms with Gasteiger partial charge in [0.05, 0.1) is 31.0 Å². The van der Waals surface area contributed by atoms with Gasteiger partial charge in [0.25, 0.3) is 5.91 Å². The van der Waals surface area contributed by atoms with Crippen molar-refractivity contribution in [2.75, 3.05) is 43.2 Å². The summed E-state index contributed by atoms with van der Waals surface area (Å²) in [5.74, 6) is -0.0835. The minimum absolute atomic E-state index is 0.328. The van der Waals surface area contributed by atoms with Gasteiger partial charge in [-0.15, -0.1) is 0 Å². The summed E-state index contributed by atoms with van der Waals surface area (Å²) in [6, 6.07) is 12.1. The Hall–Kier alpha value is -2.59. The lowest BCUT2D eigenvalue weighted by molar-refractivity contribution is -0.119. The van der Waals surface area contributed by atoms with Gasteiger partial charge in [0.1, 0.15) is 12.3 Å². The third-order valence-corrected chi connectivity index (χ3v) is 5.66. The summed E-state index contributed by atoms with van der Waals surface area (Å²) in [5.41, 5.74) is 4.47. The normalized spacial score (nSPS) is 11.3. The second kappa shape index (κ2) is 9.75. The molecule has 2 aromatic rings. The molecule has 8 nitrogen and oxygen atoms in total. The van der Waals surface area contributed by atoms with Crippen molar-refractivity contribution in [1.29, 1.82) is 0 Å². The number of methoxy groups -OCH3 is 1. The largest absolute Gasteiger partial charge is 0.497 e. The van der Waals surface area contributed by atoms with Crippen LogP contribution in [-0.4, -0.2) is 54.5 Å². The fourth-order valence-electron chi connectivity index (χ4n) is 2.48. The fraction of sp³-hybridized carbons (Fsp3) is 0.263. The average molecular weight is 483 g/mol. The second-order valence-electron chi connectivity index (χ2n) is 6.37. The molecule has 1 amide bonds. The number of benzene rings is 2. The quantitative estimate of drug-likeness (QED) is 0.460. The van der Waals surface area contributed by atoms with Gasteiger partial charge in [-0.05, 0) is 45.8 Å². The Morgan fingerprint density at radius 1 is 1.24 bits per heavy atom. The number of hydrogen-bond donors (Lipinski definition) is 1. The molecular weight excluding hydrogens is 460 g/mol. The molecule has 29 heavy (non-hydrogen) atoms. The van der Waals surface area contributed by atoms with Crippen molar-refractivity contribution >= 4 is 49.4 Å². The van der Waals surface area contributed by atoms with Crippen molar-refractivity contribution in [3.8, 4) is 5.75 Å². The van der Waals surface area contributed by atoms with Gasteiger partial charge in [0.2, 0.25) is 10.0 Å². The number of nitrogens with zero attached hydrogens (tertiary/aromatic N) is 3. The molecule has 1 N–H and O–H groups in total. The Kier molecular flexibility index (Phi) is 7.63. The van der Waals surface area contributed by atoms with Crippen LogP contribution < -0.4 is 19.4 Å². The molecule has 0 saturated carbocycles. The Labute approximate surface area is 179 Å². The number of hydrogen-bond acceptors (Lipinski definition) is 6. The predicted octanol–water partition coefficient (Wildman–Crippen LogP) is 2.44. The highest BCUT2D eigenvalue weighted by molar-refractivity contribution is 9.10. The first-order valence-corrected chi connectivity index (χ1v) is 11.2. The molecule has 2 aromatic carbocycles. The highest BCUT2D eigenvalue weighted by Crippen LogP contribution is 2.25. The molecule has 0 aliphatic heterocycles. The van der Waals surface area contributed by atoms with E-state index in [0.717, 1.165) is 26.3 Å². The molecule has 0 aliphatic rings. The van der Waals surface area contributed by atoms with Crippen LogP contribution in [0.1, 0.15) is 5.56 Å². The predicted molar refractivity (Wildman–Crippen MR) is 119 cm³/mol. The second-order valence-corrected chi connectivity index (χ2v) is 9.13. The number of halogens is 1. The minimum Gasteiger partial charge on any atom is -0.497 e. The van der Waals surface area contributed by atoms with Crippen LogP contribution in [0.15, 0.2) is 52.0 Å². The van der Waals surface area contributed by atoms with Gasteiger partial charge >= 0.3 is 0 Å². The lowest BCUT2D eigenvalue weighted by Crippen LogP contribution is -2.39. The van der Waals surface area contributed by atoms with Crippen LogP contribution in [0, 0.1) is 0 Å². The molecular formula is C19H23BrN4O4S. The third kappa shape index (κ3) is 6.47. The van der Waals surface area contributed by atoms with Crippen LogP contribution in [-0.2, 0) is 14.8 Å². The number of anilines is 2. The van der Waals surface area contributed by atoms with E-state index >= 15 is 0 Å². The Morgan fingerprint density at radius 3 is 2.55 bits per heavy atom. The summed E-state index contributed by atoms with van der Waals surface area (Å²) in [6.07, 6.45) is 2.52. The van der Waals surface area contributed by atoms with E-state index in [9.17, 15) is 13.2 Å². The van der Waals surface area contributed by atoms with Crippen molar-refractivity contribution in [1.82, 2.24) is 5.43 Å². The van der Waals surface area contributed by atoms with Crippen LogP contribution in [0.4, 0.5) is 11.4 Å². The number of amides is 1. The van der Waals surface area contributed by atoms with Gasteiger partial charge in [-0.2, -0.15) is 5.10 Å². The fourth-order valence-corrected chi connectivity index (χ4v) is 4.08. The van der Waals surface area contributed by atoms with E-state index in [-0.39, 0.29) is 0 Å². The minimum atomic E-state index is -3.68. The van der Waals surface area contributed by atoms with E-state index in [0.29, 0.717) is 11.4 Å². The molecule has 156 valence electrons. The number of rotatable bonds is 8. The number of carbonyl (C=O) groups is 1. The summed E-state index contributed by atoms with van der Waals surface area (Å²) in [4.78, 5) is 14.2. The number of sulfonamides is 1. The van der Waals surface area contributed by atoms with E-state index in [4.69, 9.17) is 4.74 Å².